The fourth-order valence-electron chi connectivity index (χ4n) is 4.71. The minimum atomic E-state index is 0.0297. The fraction of sp³-hybridized carbons (Fsp3) is 0.462. The van der Waals surface area contributed by atoms with Crippen LogP contribution in [0.1, 0.15) is 68.1 Å². The van der Waals surface area contributed by atoms with Crippen LogP contribution in [0.25, 0.3) is 22.2 Å². The van der Waals surface area contributed by atoms with Gasteiger partial charge in [-0.1, -0.05) is 13.8 Å². The molecule has 0 atom stereocenters. The van der Waals surface area contributed by atoms with Gasteiger partial charge in [0.2, 0.25) is 0 Å². The first-order valence-corrected chi connectivity index (χ1v) is 11.5. The van der Waals surface area contributed by atoms with Crippen LogP contribution in [0.15, 0.2) is 36.5 Å². The molecule has 0 unspecified atom stereocenters. The van der Waals surface area contributed by atoms with E-state index < -0.39 is 0 Å². The number of hydrogen-bond donors (Lipinski definition) is 2. The zero-order valence-electron chi connectivity index (χ0n) is 19.3. The predicted octanol–water partition coefficient (Wildman–Crippen LogP) is 5.26. The monoisotopic (exact) mass is 418 g/mol. The number of pyridine rings is 1. The Morgan fingerprint density at radius 3 is 2.52 bits per heavy atom. The molecule has 1 aliphatic rings. The number of fused-ring (bicyclic) bond motifs is 1. The second-order valence-electron chi connectivity index (χ2n) is 9.39. The van der Waals surface area contributed by atoms with Gasteiger partial charge in [-0.2, -0.15) is 0 Å². The molecule has 4 rings (SSSR count). The number of carbonyl (C=O) groups is 1. The van der Waals surface area contributed by atoms with E-state index in [-0.39, 0.29) is 11.9 Å². The van der Waals surface area contributed by atoms with Crippen LogP contribution in [-0.4, -0.2) is 45.9 Å². The van der Waals surface area contributed by atoms with E-state index in [0.717, 1.165) is 59.3 Å². The number of nitrogens with zero attached hydrogens (tertiary/aromatic N) is 2. The largest absolute Gasteiger partial charge is 0.354 e. The van der Waals surface area contributed by atoms with Crippen LogP contribution in [0.3, 0.4) is 0 Å². The second kappa shape index (κ2) is 8.83. The zero-order chi connectivity index (χ0) is 22.1. The Balaban J connectivity index is 1.60. The molecule has 5 nitrogen and oxygen atoms in total. The van der Waals surface area contributed by atoms with Crippen LogP contribution in [0.5, 0.6) is 0 Å². The van der Waals surface area contributed by atoms with Crippen LogP contribution >= 0.6 is 0 Å². The SMILES string of the molecule is Cc1cc(-c2[nH]c3ccc(C(=O)NC4CCN(C(C)C)CC4)cc3c2C(C)C)ccn1. The quantitative estimate of drug-likeness (QED) is 0.594. The summed E-state index contributed by atoms with van der Waals surface area (Å²) in [4.78, 5) is 23.4. The Morgan fingerprint density at radius 2 is 1.87 bits per heavy atom. The van der Waals surface area contributed by atoms with Crippen molar-refractivity contribution in [3.8, 4) is 11.3 Å². The van der Waals surface area contributed by atoms with Gasteiger partial charge in [-0.25, -0.2) is 0 Å². The van der Waals surface area contributed by atoms with E-state index in [1.54, 1.807) is 0 Å². The highest BCUT2D eigenvalue weighted by Crippen LogP contribution is 2.36. The third-order valence-corrected chi connectivity index (χ3v) is 6.46. The number of benzene rings is 1. The minimum absolute atomic E-state index is 0.0297. The van der Waals surface area contributed by atoms with Crippen molar-refractivity contribution in [2.24, 2.45) is 0 Å². The van der Waals surface area contributed by atoms with Gasteiger partial charge < -0.3 is 15.2 Å². The van der Waals surface area contributed by atoms with E-state index in [2.05, 4.69) is 60.0 Å². The van der Waals surface area contributed by atoms with Crippen LogP contribution in [0.2, 0.25) is 0 Å². The smallest absolute Gasteiger partial charge is 0.251 e. The van der Waals surface area contributed by atoms with Crippen molar-refractivity contribution < 1.29 is 4.79 Å². The van der Waals surface area contributed by atoms with E-state index in [1.165, 1.54) is 5.56 Å². The first-order valence-electron chi connectivity index (χ1n) is 11.5. The molecule has 3 aromatic rings. The topological polar surface area (TPSA) is 61.0 Å². The molecular formula is C26H34N4O. The molecule has 1 fully saturated rings. The number of nitrogens with one attached hydrogen (secondary N) is 2. The fourth-order valence-corrected chi connectivity index (χ4v) is 4.71. The zero-order valence-corrected chi connectivity index (χ0v) is 19.3. The van der Waals surface area contributed by atoms with Gasteiger partial charge in [0.05, 0.1) is 5.69 Å². The highest BCUT2D eigenvalue weighted by Gasteiger charge is 2.23. The van der Waals surface area contributed by atoms with Crippen molar-refractivity contribution in [1.29, 1.82) is 0 Å². The summed E-state index contributed by atoms with van der Waals surface area (Å²) in [6.07, 6.45) is 3.88. The number of aromatic nitrogens is 2. The van der Waals surface area contributed by atoms with Crippen LogP contribution < -0.4 is 5.32 Å². The minimum Gasteiger partial charge on any atom is -0.354 e. The number of amides is 1. The summed E-state index contributed by atoms with van der Waals surface area (Å²) in [5, 5.41) is 4.40. The number of aryl methyl sites for hydroxylation is 1. The maximum Gasteiger partial charge on any atom is 0.251 e. The summed E-state index contributed by atoms with van der Waals surface area (Å²) < 4.78 is 0. The van der Waals surface area contributed by atoms with Crippen molar-refractivity contribution in [2.45, 2.75) is 65.5 Å². The number of aromatic amines is 1. The Bertz CT molecular complexity index is 1070. The van der Waals surface area contributed by atoms with Crippen LogP contribution in [0, 0.1) is 6.92 Å². The lowest BCUT2D eigenvalue weighted by Gasteiger charge is -2.34. The van der Waals surface area contributed by atoms with Crippen molar-refractivity contribution in [1.82, 2.24) is 20.2 Å². The van der Waals surface area contributed by atoms with E-state index >= 15 is 0 Å². The molecule has 2 N–H and O–H groups in total. The van der Waals surface area contributed by atoms with Gasteiger partial charge in [0.1, 0.15) is 0 Å². The summed E-state index contributed by atoms with van der Waals surface area (Å²) in [6.45, 7) is 13.0. The van der Waals surface area contributed by atoms with Gasteiger partial charge in [0.15, 0.2) is 0 Å². The molecule has 0 radical (unpaired) electrons. The molecule has 0 aliphatic carbocycles. The Hall–Kier alpha value is -2.66. The van der Waals surface area contributed by atoms with Crippen molar-refractivity contribution in [2.75, 3.05) is 13.1 Å². The Morgan fingerprint density at radius 1 is 1.13 bits per heavy atom. The number of H-pyrrole nitrogens is 1. The van der Waals surface area contributed by atoms with Crippen LogP contribution in [0.4, 0.5) is 0 Å². The summed E-state index contributed by atoms with van der Waals surface area (Å²) >= 11 is 0. The normalized spacial score (nSPS) is 15.8. The predicted molar refractivity (Wildman–Crippen MR) is 128 cm³/mol. The number of hydrogen-bond acceptors (Lipinski definition) is 3. The summed E-state index contributed by atoms with van der Waals surface area (Å²) in [7, 11) is 0. The lowest BCUT2D eigenvalue weighted by molar-refractivity contribution is 0.0901. The van der Waals surface area contributed by atoms with Crippen molar-refractivity contribution in [3.63, 3.8) is 0 Å². The number of carbonyl (C=O) groups excluding carboxylic acids is 1. The molecule has 2 aromatic heterocycles. The van der Waals surface area contributed by atoms with Crippen molar-refractivity contribution in [3.05, 3.63) is 53.3 Å². The van der Waals surface area contributed by atoms with Crippen LogP contribution in [-0.2, 0) is 0 Å². The first kappa shape index (κ1) is 21.6. The first-order chi connectivity index (χ1) is 14.8. The molecule has 1 saturated heterocycles. The van der Waals surface area contributed by atoms with E-state index in [0.29, 0.717) is 12.0 Å². The standard InChI is InChI=1S/C26H34N4O/c1-16(2)24-22-15-20(26(31)28-21-9-12-30(13-10-21)17(3)4)6-7-23(22)29-25(24)19-8-11-27-18(5)14-19/h6-8,11,14-17,21,29H,9-10,12-13H2,1-5H3,(H,28,31). The van der Waals surface area contributed by atoms with Gasteiger partial charge in [-0.05, 0) is 75.4 Å². The summed E-state index contributed by atoms with van der Waals surface area (Å²) in [5.74, 6) is 0.359. The Labute approximate surface area is 185 Å². The number of rotatable bonds is 5. The summed E-state index contributed by atoms with van der Waals surface area (Å²) in [6, 6.07) is 11.0. The maximum absolute atomic E-state index is 13.0. The number of piperidine rings is 1. The van der Waals surface area contributed by atoms with Crippen molar-refractivity contribution >= 4 is 16.8 Å². The third-order valence-electron chi connectivity index (χ3n) is 6.46. The molecule has 1 aliphatic heterocycles. The summed E-state index contributed by atoms with van der Waals surface area (Å²) in [5.41, 5.74) is 6.30. The Kier molecular flexibility index (Phi) is 6.15. The average Bonchev–Trinajstić information content (AvgIpc) is 3.13. The van der Waals surface area contributed by atoms with Gasteiger partial charge in [-0.3, -0.25) is 9.78 Å². The second-order valence-corrected chi connectivity index (χ2v) is 9.39. The lowest BCUT2D eigenvalue weighted by Crippen LogP contribution is -2.46. The molecule has 0 bridgehead atoms. The van der Waals surface area contributed by atoms with Gasteiger partial charge >= 0.3 is 0 Å². The molecule has 164 valence electrons. The molecule has 0 saturated carbocycles. The lowest BCUT2D eigenvalue weighted by atomic mass is 9.95. The molecule has 1 aromatic carbocycles. The maximum atomic E-state index is 13.0. The van der Waals surface area contributed by atoms with Gasteiger partial charge in [-0.15, -0.1) is 0 Å². The average molecular weight is 419 g/mol. The third kappa shape index (κ3) is 4.52. The van der Waals surface area contributed by atoms with E-state index in [4.69, 9.17) is 0 Å². The van der Waals surface area contributed by atoms with E-state index in [9.17, 15) is 4.79 Å². The molecule has 3 heterocycles. The van der Waals surface area contributed by atoms with Gasteiger partial charge in [0, 0.05) is 59.1 Å². The molecule has 0 spiro atoms. The van der Waals surface area contributed by atoms with E-state index in [1.807, 2.05) is 31.3 Å². The van der Waals surface area contributed by atoms with Gasteiger partial charge in [0.25, 0.3) is 5.91 Å². The molecule has 5 heteroatoms. The highest BCUT2D eigenvalue weighted by atomic mass is 16.1. The molecule has 31 heavy (non-hydrogen) atoms. The molecular weight excluding hydrogens is 384 g/mol. The molecule has 1 amide bonds. The highest BCUT2D eigenvalue weighted by molar-refractivity contribution is 6.00. The number of likely N-dealkylation sites (tertiary alicyclic amines) is 1.